The number of sulfonamides is 1. The lowest BCUT2D eigenvalue weighted by molar-refractivity contribution is -0.141. The van der Waals surface area contributed by atoms with Crippen molar-refractivity contribution < 1.29 is 32.6 Å². The SMILES string of the molecule is C=C[C@@H]1C[C@]1(NC(=O)[C@@H]1C[C@@H](Oc2nc3ccccc3nc2-c2cccs2)CN1C(=O)CC(O)c1ccccc1)C(=O)NS(=O)(=O)C1CC1. The lowest BCUT2D eigenvalue weighted by Crippen LogP contribution is -2.56. The first-order chi connectivity index (χ1) is 23.6. The minimum Gasteiger partial charge on any atom is -0.471 e. The van der Waals surface area contributed by atoms with Gasteiger partial charge in [-0.05, 0) is 48.4 Å². The van der Waals surface area contributed by atoms with E-state index >= 15 is 0 Å². The van der Waals surface area contributed by atoms with Crippen molar-refractivity contribution in [2.45, 2.75) is 61.1 Å². The maximum Gasteiger partial charge on any atom is 0.259 e. The second-order valence-corrected chi connectivity index (χ2v) is 15.6. The van der Waals surface area contributed by atoms with Crippen molar-refractivity contribution in [1.29, 1.82) is 0 Å². The summed E-state index contributed by atoms with van der Waals surface area (Å²) < 4.78 is 33.8. The first-order valence-electron chi connectivity index (χ1n) is 16.1. The fourth-order valence-electron chi connectivity index (χ4n) is 6.30. The van der Waals surface area contributed by atoms with Gasteiger partial charge in [0.15, 0.2) is 0 Å². The summed E-state index contributed by atoms with van der Waals surface area (Å²) >= 11 is 1.47. The van der Waals surface area contributed by atoms with Crippen molar-refractivity contribution in [1.82, 2.24) is 24.9 Å². The van der Waals surface area contributed by atoms with E-state index in [2.05, 4.69) is 16.6 Å². The Balaban J connectivity index is 1.16. The molecule has 2 aromatic carbocycles. The zero-order valence-electron chi connectivity index (χ0n) is 26.4. The summed E-state index contributed by atoms with van der Waals surface area (Å²) in [5, 5.41) is 15.0. The Bertz CT molecular complexity index is 2020. The van der Waals surface area contributed by atoms with E-state index in [1.165, 1.54) is 22.3 Å². The van der Waals surface area contributed by atoms with E-state index in [1.54, 1.807) is 30.3 Å². The highest BCUT2D eigenvalue weighted by atomic mass is 32.2. The number of carbonyl (C=O) groups excluding carboxylic acids is 3. The van der Waals surface area contributed by atoms with E-state index in [4.69, 9.17) is 14.7 Å². The number of thiophene rings is 1. The molecule has 254 valence electrons. The van der Waals surface area contributed by atoms with Gasteiger partial charge in [0.25, 0.3) is 5.91 Å². The van der Waals surface area contributed by atoms with Crippen LogP contribution in [0.2, 0.25) is 0 Å². The van der Waals surface area contributed by atoms with E-state index < -0.39 is 62.7 Å². The average Bonchev–Trinajstić information content (AvgIpc) is 3.97. The normalized spacial score (nSPS) is 23.9. The molecule has 5 atom stereocenters. The predicted molar refractivity (Wildman–Crippen MR) is 183 cm³/mol. The molecule has 49 heavy (non-hydrogen) atoms. The molecule has 0 bridgehead atoms. The number of rotatable bonds is 12. The molecule has 3 N–H and O–H groups in total. The second kappa shape index (κ2) is 13.0. The number of likely N-dealkylation sites (tertiary alicyclic amines) is 1. The highest BCUT2D eigenvalue weighted by Gasteiger charge is 2.62. The van der Waals surface area contributed by atoms with Gasteiger partial charge in [0.05, 0.1) is 40.2 Å². The Morgan fingerprint density at radius 3 is 2.43 bits per heavy atom. The van der Waals surface area contributed by atoms with E-state index in [0.717, 1.165) is 4.88 Å². The maximum atomic E-state index is 14.1. The van der Waals surface area contributed by atoms with Gasteiger partial charge in [0, 0.05) is 12.3 Å². The van der Waals surface area contributed by atoms with Crippen molar-refractivity contribution in [2.75, 3.05) is 6.54 Å². The molecule has 12 nitrogen and oxygen atoms in total. The van der Waals surface area contributed by atoms with Crippen LogP contribution in [0.15, 0.2) is 84.8 Å². The lowest BCUT2D eigenvalue weighted by Gasteiger charge is -2.27. The van der Waals surface area contributed by atoms with Crippen LogP contribution in [0, 0.1) is 5.92 Å². The molecule has 1 saturated heterocycles. The topological polar surface area (TPSA) is 168 Å². The number of hydrogen-bond acceptors (Lipinski definition) is 10. The molecule has 4 aromatic rings. The summed E-state index contributed by atoms with van der Waals surface area (Å²) in [7, 11) is -3.87. The third-order valence-corrected chi connectivity index (χ3v) is 12.0. The minimum atomic E-state index is -3.87. The number of aliphatic hydroxyl groups is 1. The number of aliphatic hydroxyl groups excluding tert-OH is 1. The summed E-state index contributed by atoms with van der Waals surface area (Å²) in [6.07, 6.45) is 0.554. The molecular weight excluding hydrogens is 667 g/mol. The van der Waals surface area contributed by atoms with Crippen molar-refractivity contribution in [3.63, 3.8) is 0 Å². The highest BCUT2D eigenvalue weighted by molar-refractivity contribution is 7.91. The standard InChI is InChI=1S/C35H35N5O7S2/c1-2-22-19-35(22,34(44)39-49(45,46)24-14-15-24)38-32(43)27-17-23(20-40(27)30(42)18-28(41)21-9-4-3-5-10-21)47-33-31(29-13-8-16-48-29)36-25-11-6-7-12-26(25)37-33/h2-13,16,22-24,27-28,41H,1,14-15,17-20H2,(H,38,43)(H,39,44)/t22-,23-,27+,28?,35-/m1/s1. The molecular formula is C35H35N5O7S2. The van der Waals surface area contributed by atoms with Gasteiger partial charge >= 0.3 is 0 Å². The summed E-state index contributed by atoms with van der Waals surface area (Å²) in [5.41, 5.74) is 0.853. The lowest BCUT2D eigenvalue weighted by atomic mass is 10.1. The Kier molecular flexibility index (Phi) is 8.71. The fourth-order valence-corrected chi connectivity index (χ4v) is 8.37. The number of fused-ring (bicyclic) bond motifs is 1. The van der Waals surface area contributed by atoms with Crippen molar-refractivity contribution in [2.24, 2.45) is 5.92 Å². The zero-order chi connectivity index (χ0) is 34.3. The summed E-state index contributed by atoms with van der Waals surface area (Å²) in [6.45, 7) is 3.76. The van der Waals surface area contributed by atoms with Gasteiger partial charge in [-0.25, -0.2) is 18.4 Å². The zero-order valence-corrected chi connectivity index (χ0v) is 28.0. The molecule has 1 aliphatic heterocycles. The summed E-state index contributed by atoms with van der Waals surface area (Å²) in [5.74, 6) is -2.20. The Labute approximate surface area is 287 Å². The van der Waals surface area contributed by atoms with Gasteiger partial charge in [-0.1, -0.05) is 54.6 Å². The number of nitrogens with zero attached hydrogens (tertiary/aromatic N) is 3. The van der Waals surface area contributed by atoms with Gasteiger partial charge in [-0.2, -0.15) is 0 Å². The summed E-state index contributed by atoms with van der Waals surface area (Å²) in [4.78, 5) is 53.0. The molecule has 3 aliphatic rings. The number of carbonyl (C=O) groups is 3. The number of benzene rings is 2. The van der Waals surface area contributed by atoms with Crippen LogP contribution in [0.4, 0.5) is 0 Å². The van der Waals surface area contributed by atoms with Crippen LogP contribution in [-0.4, -0.2) is 75.6 Å². The molecule has 3 fully saturated rings. The van der Waals surface area contributed by atoms with E-state index in [9.17, 15) is 27.9 Å². The van der Waals surface area contributed by atoms with Gasteiger partial charge in [-0.15, -0.1) is 17.9 Å². The van der Waals surface area contributed by atoms with Gasteiger partial charge in [-0.3, -0.25) is 19.1 Å². The molecule has 14 heteroatoms. The Hall–Kier alpha value is -4.66. The fraction of sp³-hybridized carbons (Fsp3) is 0.343. The van der Waals surface area contributed by atoms with E-state index in [1.807, 2.05) is 41.8 Å². The Morgan fingerprint density at radius 2 is 1.78 bits per heavy atom. The van der Waals surface area contributed by atoms with Crippen LogP contribution in [0.5, 0.6) is 5.88 Å². The van der Waals surface area contributed by atoms with Gasteiger partial charge < -0.3 is 20.1 Å². The monoisotopic (exact) mass is 701 g/mol. The van der Waals surface area contributed by atoms with Crippen LogP contribution >= 0.6 is 11.3 Å². The number of para-hydroxylation sites is 2. The maximum absolute atomic E-state index is 14.1. The van der Waals surface area contributed by atoms with Crippen molar-refractivity contribution in [3.05, 3.63) is 90.3 Å². The van der Waals surface area contributed by atoms with Gasteiger partial charge in [0.2, 0.25) is 27.7 Å². The number of aromatic nitrogens is 2. The van der Waals surface area contributed by atoms with Crippen LogP contribution in [0.1, 0.15) is 43.8 Å². The molecule has 3 amide bonds. The van der Waals surface area contributed by atoms with Crippen molar-refractivity contribution >= 4 is 50.1 Å². The smallest absolute Gasteiger partial charge is 0.259 e. The van der Waals surface area contributed by atoms with Crippen LogP contribution < -0.4 is 14.8 Å². The number of nitrogens with one attached hydrogen (secondary N) is 2. The first-order valence-corrected chi connectivity index (χ1v) is 18.5. The largest absolute Gasteiger partial charge is 0.471 e. The van der Waals surface area contributed by atoms with Crippen LogP contribution in [-0.2, 0) is 24.4 Å². The quantitative estimate of drug-likeness (QED) is 0.187. The number of ether oxygens (including phenoxy) is 1. The number of hydrogen-bond donors (Lipinski definition) is 3. The van der Waals surface area contributed by atoms with E-state index in [-0.39, 0.29) is 31.7 Å². The molecule has 2 aliphatic carbocycles. The third-order valence-electron chi connectivity index (χ3n) is 9.26. The molecule has 0 radical (unpaired) electrons. The predicted octanol–water partition coefficient (Wildman–Crippen LogP) is 3.50. The van der Waals surface area contributed by atoms with Crippen LogP contribution in [0.3, 0.4) is 0 Å². The Morgan fingerprint density at radius 1 is 1.06 bits per heavy atom. The second-order valence-electron chi connectivity index (χ2n) is 12.7. The molecule has 1 unspecified atom stereocenters. The molecule has 2 saturated carbocycles. The highest BCUT2D eigenvalue weighted by Crippen LogP contribution is 2.45. The first kappa shape index (κ1) is 32.9. The van der Waals surface area contributed by atoms with Crippen LogP contribution in [0.25, 0.3) is 21.6 Å². The molecule has 7 rings (SSSR count). The minimum absolute atomic E-state index is 0.00302. The number of amides is 3. The summed E-state index contributed by atoms with van der Waals surface area (Å²) in [6, 6.07) is 18.8. The molecule has 3 heterocycles. The van der Waals surface area contributed by atoms with Gasteiger partial charge in [0.1, 0.15) is 23.4 Å². The van der Waals surface area contributed by atoms with E-state index in [0.29, 0.717) is 35.1 Å². The molecule has 0 spiro atoms. The average molecular weight is 702 g/mol. The van der Waals surface area contributed by atoms with Crippen molar-refractivity contribution in [3.8, 4) is 16.5 Å². The molecule has 2 aromatic heterocycles. The third kappa shape index (κ3) is 6.67.